The minimum Gasteiger partial charge on any atom is -0.297 e. The number of nitrogens with zero attached hydrogens (tertiary/aromatic N) is 3. The highest BCUT2D eigenvalue weighted by Gasteiger charge is 2.17. The Morgan fingerprint density at radius 3 is 2.46 bits per heavy atom. The molecule has 0 bridgehead atoms. The highest BCUT2D eigenvalue weighted by Crippen LogP contribution is 2.13. The van der Waals surface area contributed by atoms with Crippen LogP contribution in [0.3, 0.4) is 0 Å². The molecule has 0 aromatic carbocycles. The van der Waals surface area contributed by atoms with Crippen LogP contribution in [-0.4, -0.2) is 27.3 Å². The van der Waals surface area contributed by atoms with Crippen molar-refractivity contribution in [2.75, 3.05) is 7.05 Å². The van der Waals surface area contributed by atoms with Gasteiger partial charge >= 0.3 is 0 Å². The van der Waals surface area contributed by atoms with Gasteiger partial charge in [0.25, 0.3) is 0 Å². The zero-order valence-corrected chi connectivity index (χ0v) is 9.20. The normalized spacial score (nSPS) is 12.5. The van der Waals surface area contributed by atoms with Crippen LogP contribution in [0.4, 0.5) is 0 Å². The van der Waals surface area contributed by atoms with Gasteiger partial charge in [0.2, 0.25) is 0 Å². The smallest absolute Gasteiger partial charge is 0.0534 e. The predicted molar refractivity (Wildman–Crippen MR) is 54.4 cm³/mol. The maximum atomic E-state index is 4.14. The van der Waals surface area contributed by atoms with Crippen LogP contribution in [0.1, 0.15) is 26.3 Å². The van der Waals surface area contributed by atoms with Crippen molar-refractivity contribution < 1.29 is 0 Å². The standard InChI is InChI=1S/C10H19N3/c1-10(2,3)12(4)7-9-6-11-13(5)8-9/h6,8H,7H2,1-5H3. The molecule has 0 saturated heterocycles. The Morgan fingerprint density at radius 1 is 1.46 bits per heavy atom. The van der Waals surface area contributed by atoms with Crippen LogP contribution in [0.5, 0.6) is 0 Å². The van der Waals surface area contributed by atoms with E-state index in [1.165, 1.54) is 5.56 Å². The zero-order chi connectivity index (χ0) is 10.1. The van der Waals surface area contributed by atoms with Gasteiger partial charge in [0.15, 0.2) is 0 Å². The summed E-state index contributed by atoms with van der Waals surface area (Å²) in [6.07, 6.45) is 3.98. The van der Waals surface area contributed by atoms with Gasteiger partial charge in [0.05, 0.1) is 6.20 Å². The van der Waals surface area contributed by atoms with E-state index in [0.29, 0.717) is 0 Å². The Morgan fingerprint density at radius 2 is 2.08 bits per heavy atom. The summed E-state index contributed by atoms with van der Waals surface area (Å²) in [7, 11) is 4.08. The van der Waals surface area contributed by atoms with E-state index in [0.717, 1.165) is 6.54 Å². The van der Waals surface area contributed by atoms with Crippen molar-refractivity contribution in [1.82, 2.24) is 14.7 Å². The van der Waals surface area contributed by atoms with E-state index in [2.05, 4.69) is 44.0 Å². The molecule has 1 rings (SSSR count). The number of aryl methyl sites for hydroxylation is 1. The van der Waals surface area contributed by atoms with Gasteiger partial charge in [-0.2, -0.15) is 5.10 Å². The van der Waals surface area contributed by atoms with Crippen molar-refractivity contribution in [3.63, 3.8) is 0 Å². The lowest BCUT2D eigenvalue weighted by atomic mass is 10.1. The SMILES string of the molecule is CN(Cc1cnn(C)c1)C(C)(C)C. The number of hydrogen-bond donors (Lipinski definition) is 0. The molecule has 0 radical (unpaired) electrons. The molecule has 0 spiro atoms. The minimum atomic E-state index is 0.218. The van der Waals surface area contributed by atoms with Gasteiger partial charge in [0.1, 0.15) is 0 Å². The van der Waals surface area contributed by atoms with E-state index in [9.17, 15) is 0 Å². The lowest BCUT2D eigenvalue weighted by molar-refractivity contribution is 0.167. The third-order valence-corrected chi connectivity index (χ3v) is 2.32. The molecule has 0 aliphatic heterocycles. The van der Waals surface area contributed by atoms with E-state index in [1.54, 1.807) is 0 Å². The average molecular weight is 181 g/mol. The van der Waals surface area contributed by atoms with E-state index >= 15 is 0 Å². The quantitative estimate of drug-likeness (QED) is 0.691. The molecule has 0 fully saturated rings. The lowest BCUT2D eigenvalue weighted by Crippen LogP contribution is -2.37. The van der Waals surface area contributed by atoms with Crippen molar-refractivity contribution in [2.45, 2.75) is 32.9 Å². The zero-order valence-electron chi connectivity index (χ0n) is 9.20. The Balaban J connectivity index is 2.60. The molecule has 1 heterocycles. The first-order valence-electron chi connectivity index (χ1n) is 4.58. The maximum Gasteiger partial charge on any atom is 0.0534 e. The Bertz CT molecular complexity index is 270. The molecular weight excluding hydrogens is 162 g/mol. The largest absolute Gasteiger partial charge is 0.297 e. The van der Waals surface area contributed by atoms with E-state index in [-0.39, 0.29) is 5.54 Å². The molecule has 0 atom stereocenters. The summed E-state index contributed by atoms with van der Waals surface area (Å²) in [6.45, 7) is 7.59. The van der Waals surface area contributed by atoms with Gasteiger partial charge in [-0.3, -0.25) is 9.58 Å². The Hall–Kier alpha value is -0.830. The van der Waals surface area contributed by atoms with Crippen molar-refractivity contribution in [1.29, 1.82) is 0 Å². The highest BCUT2D eigenvalue weighted by atomic mass is 15.2. The third-order valence-electron chi connectivity index (χ3n) is 2.32. The van der Waals surface area contributed by atoms with Crippen molar-refractivity contribution in [3.8, 4) is 0 Å². The van der Waals surface area contributed by atoms with Crippen LogP contribution in [0.25, 0.3) is 0 Å². The lowest BCUT2D eigenvalue weighted by Gasteiger charge is -2.31. The Kier molecular flexibility index (Phi) is 2.76. The predicted octanol–water partition coefficient (Wildman–Crippen LogP) is 1.65. The molecule has 0 unspecified atom stereocenters. The summed E-state index contributed by atoms with van der Waals surface area (Å²) < 4.78 is 1.84. The van der Waals surface area contributed by atoms with Gasteiger partial charge in [0, 0.05) is 30.9 Å². The van der Waals surface area contributed by atoms with Gasteiger partial charge in [-0.25, -0.2) is 0 Å². The first-order valence-corrected chi connectivity index (χ1v) is 4.58. The molecule has 0 amide bonds. The van der Waals surface area contributed by atoms with E-state index in [1.807, 2.05) is 17.9 Å². The van der Waals surface area contributed by atoms with Crippen molar-refractivity contribution in [2.24, 2.45) is 7.05 Å². The molecule has 74 valence electrons. The maximum absolute atomic E-state index is 4.14. The minimum absolute atomic E-state index is 0.218. The number of hydrogen-bond acceptors (Lipinski definition) is 2. The third kappa shape index (κ3) is 2.84. The highest BCUT2D eigenvalue weighted by molar-refractivity contribution is 5.03. The summed E-state index contributed by atoms with van der Waals surface area (Å²) in [6, 6.07) is 0. The van der Waals surface area contributed by atoms with Gasteiger partial charge < -0.3 is 0 Å². The summed E-state index contributed by atoms with van der Waals surface area (Å²) in [5.74, 6) is 0. The molecule has 13 heavy (non-hydrogen) atoms. The second-order valence-electron chi connectivity index (χ2n) is 4.55. The fraction of sp³-hybridized carbons (Fsp3) is 0.700. The summed E-state index contributed by atoms with van der Waals surface area (Å²) in [5, 5.41) is 4.14. The molecule has 0 N–H and O–H groups in total. The van der Waals surface area contributed by atoms with Crippen LogP contribution in [0.15, 0.2) is 12.4 Å². The average Bonchev–Trinajstić information content (AvgIpc) is 2.33. The van der Waals surface area contributed by atoms with E-state index < -0.39 is 0 Å². The van der Waals surface area contributed by atoms with Crippen LogP contribution in [-0.2, 0) is 13.6 Å². The topological polar surface area (TPSA) is 21.1 Å². The van der Waals surface area contributed by atoms with Crippen molar-refractivity contribution >= 4 is 0 Å². The molecule has 0 aliphatic rings. The molecule has 0 saturated carbocycles. The molecule has 3 nitrogen and oxygen atoms in total. The van der Waals surface area contributed by atoms with E-state index in [4.69, 9.17) is 0 Å². The fourth-order valence-corrected chi connectivity index (χ4v) is 1.06. The fourth-order valence-electron chi connectivity index (χ4n) is 1.06. The number of aromatic nitrogens is 2. The second kappa shape index (κ2) is 3.50. The first kappa shape index (κ1) is 10.3. The second-order valence-corrected chi connectivity index (χ2v) is 4.55. The van der Waals surface area contributed by atoms with Crippen LogP contribution < -0.4 is 0 Å². The first-order chi connectivity index (χ1) is 5.89. The van der Waals surface area contributed by atoms with Crippen molar-refractivity contribution in [3.05, 3.63) is 18.0 Å². The van der Waals surface area contributed by atoms with Gasteiger partial charge in [-0.15, -0.1) is 0 Å². The molecule has 0 aliphatic carbocycles. The number of rotatable bonds is 2. The summed E-state index contributed by atoms with van der Waals surface area (Å²) in [5.41, 5.74) is 1.48. The Labute approximate surface area is 80.4 Å². The monoisotopic (exact) mass is 181 g/mol. The van der Waals surface area contributed by atoms with Crippen LogP contribution >= 0.6 is 0 Å². The van der Waals surface area contributed by atoms with Gasteiger partial charge in [-0.1, -0.05) is 0 Å². The molecule has 1 aromatic rings. The molecule has 3 heteroatoms. The molecule has 1 aromatic heterocycles. The summed E-state index contributed by atoms with van der Waals surface area (Å²) >= 11 is 0. The summed E-state index contributed by atoms with van der Waals surface area (Å²) in [4.78, 5) is 2.31. The molecular formula is C10H19N3. The van der Waals surface area contributed by atoms with Crippen LogP contribution in [0.2, 0.25) is 0 Å². The van der Waals surface area contributed by atoms with Gasteiger partial charge in [-0.05, 0) is 27.8 Å². The van der Waals surface area contributed by atoms with Crippen LogP contribution in [0, 0.1) is 0 Å².